The Morgan fingerprint density at radius 2 is 2.24 bits per heavy atom. The van der Waals surface area contributed by atoms with E-state index in [9.17, 15) is 4.79 Å². The quantitative estimate of drug-likeness (QED) is 0.821. The highest BCUT2D eigenvalue weighted by atomic mass is 16.6. The molecule has 8 nitrogen and oxygen atoms in total. The molecule has 0 aliphatic carbocycles. The van der Waals surface area contributed by atoms with E-state index < -0.39 is 0 Å². The predicted molar refractivity (Wildman–Crippen MR) is 75.5 cm³/mol. The maximum absolute atomic E-state index is 11.8. The van der Waals surface area contributed by atoms with E-state index in [1.807, 2.05) is 19.1 Å². The minimum absolute atomic E-state index is 0.00597. The minimum atomic E-state index is -0.0290. The zero-order valence-corrected chi connectivity index (χ0v) is 11.9. The maximum Gasteiger partial charge on any atom is 0.246 e. The van der Waals surface area contributed by atoms with Gasteiger partial charge in [-0.2, -0.15) is 4.52 Å². The monoisotopic (exact) mass is 290 g/mol. The van der Waals surface area contributed by atoms with E-state index in [1.165, 1.54) is 0 Å². The standard InChI is InChI=1S/C13H18N6O2/c1-2-21-17-13(20)10-5-7-18(8-6-10)12-4-3-11-15-14-9-19(11)16-12/h3-4,9-10H,2,5-8H2,1H3,(H,17,20). The zero-order chi connectivity index (χ0) is 14.7. The van der Waals surface area contributed by atoms with Crippen LogP contribution in [-0.4, -0.2) is 45.4 Å². The van der Waals surface area contributed by atoms with Crippen LogP contribution in [-0.2, 0) is 9.63 Å². The van der Waals surface area contributed by atoms with Crippen molar-refractivity contribution in [3.05, 3.63) is 18.5 Å². The highest BCUT2D eigenvalue weighted by molar-refractivity contribution is 5.77. The van der Waals surface area contributed by atoms with Crippen LogP contribution >= 0.6 is 0 Å². The largest absolute Gasteiger partial charge is 0.355 e. The average Bonchev–Trinajstić information content (AvgIpc) is 3.00. The lowest BCUT2D eigenvalue weighted by Gasteiger charge is -2.31. The Bertz CT molecular complexity index is 620. The number of piperidine rings is 1. The first-order chi connectivity index (χ1) is 10.3. The molecule has 8 heteroatoms. The van der Waals surface area contributed by atoms with Crippen LogP contribution in [0.2, 0.25) is 0 Å². The molecule has 3 heterocycles. The Morgan fingerprint density at radius 3 is 3.00 bits per heavy atom. The molecule has 0 bridgehead atoms. The third kappa shape index (κ3) is 2.94. The summed E-state index contributed by atoms with van der Waals surface area (Å²) in [5.41, 5.74) is 3.21. The SMILES string of the molecule is CCONC(=O)C1CCN(c2ccc3nncn3n2)CC1. The Labute approximate surface area is 122 Å². The molecular weight excluding hydrogens is 272 g/mol. The number of carbonyl (C=O) groups is 1. The van der Waals surface area contributed by atoms with Crippen LogP contribution in [0.15, 0.2) is 18.5 Å². The summed E-state index contributed by atoms with van der Waals surface area (Å²) in [7, 11) is 0. The van der Waals surface area contributed by atoms with E-state index in [0.717, 1.165) is 37.4 Å². The molecule has 1 aliphatic heterocycles. The van der Waals surface area contributed by atoms with Crippen molar-refractivity contribution in [2.24, 2.45) is 5.92 Å². The summed E-state index contributed by atoms with van der Waals surface area (Å²) in [5, 5.41) is 12.2. The van der Waals surface area contributed by atoms with Crippen LogP contribution in [0.5, 0.6) is 0 Å². The van der Waals surface area contributed by atoms with Crippen molar-refractivity contribution in [1.29, 1.82) is 0 Å². The first-order valence-corrected chi connectivity index (χ1v) is 7.11. The molecule has 112 valence electrons. The lowest BCUT2D eigenvalue weighted by atomic mass is 9.96. The van der Waals surface area contributed by atoms with Gasteiger partial charge in [-0.05, 0) is 31.9 Å². The Morgan fingerprint density at radius 1 is 1.43 bits per heavy atom. The number of hydrogen-bond donors (Lipinski definition) is 1. The molecular formula is C13H18N6O2. The number of carbonyl (C=O) groups excluding carboxylic acids is 1. The van der Waals surface area contributed by atoms with Gasteiger partial charge in [-0.3, -0.25) is 9.63 Å². The van der Waals surface area contributed by atoms with Gasteiger partial charge in [-0.15, -0.1) is 15.3 Å². The van der Waals surface area contributed by atoms with Gasteiger partial charge in [0.15, 0.2) is 5.65 Å². The number of fused-ring (bicyclic) bond motifs is 1. The highest BCUT2D eigenvalue weighted by Gasteiger charge is 2.25. The molecule has 1 amide bonds. The van der Waals surface area contributed by atoms with Crippen LogP contribution in [0.4, 0.5) is 5.82 Å². The number of hydroxylamine groups is 1. The Kier molecular flexibility index (Phi) is 3.96. The summed E-state index contributed by atoms with van der Waals surface area (Å²) < 4.78 is 1.66. The molecule has 1 fully saturated rings. The number of anilines is 1. The van der Waals surface area contributed by atoms with Crippen LogP contribution in [0.3, 0.4) is 0 Å². The van der Waals surface area contributed by atoms with Crippen LogP contribution < -0.4 is 10.4 Å². The van der Waals surface area contributed by atoms with Crippen molar-refractivity contribution < 1.29 is 9.63 Å². The van der Waals surface area contributed by atoms with Gasteiger partial charge < -0.3 is 4.90 Å². The summed E-state index contributed by atoms with van der Waals surface area (Å²) in [6.45, 7) is 3.92. The third-order valence-electron chi connectivity index (χ3n) is 3.65. The van der Waals surface area contributed by atoms with E-state index in [0.29, 0.717) is 6.61 Å². The van der Waals surface area contributed by atoms with Crippen molar-refractivity contribution in [3.63, 3.8) is 0 Å². The number of rotatable bonds is 4. The molecule has 21 heavy (non-hydrogen) atoms. The number of aromatic nitrogens is 4. The lowest BCUT2D eigenvalue weighted by Crippen LogP contribution is -2.41. The van der Waals surface area contributed by atoms with E-state index in [1.54, 1.807) is 10.8 Å². The molecule has 0 saturated carbocycles. The van der Waals surface area contributed by atoms with Gasteiger partial charge in [0.05, 0.1) is 6.61 Å². The van der Waals surface area contributed by atoms with Crippen molar-refractivity contribution in [3.8, 4) is 0 Å². The fourth-order valence-corrected chi connectivity index (χ4v) is 2.48. The fourth-order valence-electron chi connectivity index (χ4n) is 2.48. The van der Waals surface area contributed by atoms with E-state index >= 15 is 0 Å². The number of nitrogens with one attached hydrogen (secondary N) is 1. The zero-order valence-electron chi connectivity index (χ0n) is 11.9. The van der Waals surface area contributed by atoms with Gasteiger partial charge in [-0.25, -0.2) is 5.48 Å². The maximum atomic E-state index is 11.8. The second-order valence-corrected chi connectivity index (χ2v) is 4.99. The minimum Gasteiger partial charge on any atom is -0.355 e. The summed E-state index contributed by atoms with van der Waals surface area (Å²) in [5.74, 6) is 0.858. The summed E-state index contributed by atoms with van der Waals surface area (Å²) in [6.07, 6.45) is 3.17. The molecule has 0 radical (unpaired) electrons. The molecule has 0 spiro atoms. The molecule has 1 aliphatic rings. The van der Waals surface area contributed by atoms with Gasteiger partial charge in [0.25, 0.3) is 0 Å². The Balaban J connectivity index is 1.61. The van der Waals surface area contributed by atoms with Gasteiger partial charge in [-0.1, -0.05) is 0 Å². The average molecular weight is 290 g/mol. The summed E-state index contributed by atoms with van der Waals surface area (Å²) in [6, 6.07) is 3.83. The lowest BCUT2D eigenvalue weighted by molar-refractivity contribution is -0.138. The second-order valence-electron chi connectivity index (χ2n) is 4.99. The molecule has 0 aromatic carbocycles. The van der Waals surface area contributed by atoms with Crippen LogP contribution in [0, 0.1) is 5.92 Å². The van der Waals surface area contributed by atoms with E-state index in [2.05, 4.69) is 25.7 Å². The van der Waals surface area contributed by atoms with Gasteiger partial charge in [0.2, 0.25) is 5.91 Å². The van der Waals surface area contributed by atoms with E-state index in [-0.39, 0.29) is 11.8 Å². The van der Waals surface area contributed by atoms with Crippen molar-refractivity contribution >= 4 is 17.4 Å². The van der Waals surface area contributed by atoms with Crippen LogP contribution in [0.25, 0.3) is 5.65 Å². The predicted octanol–water partition coefficient (Wildman–Crippen LogP) is 0.408. The third-order valence-corrected chi connectivity index (χ3v) is 3.65. The van der Waals surface area contributed by atoms with E-state index in [4.69, 9.17) is 4.84 Å². The molecule has 3 rings (SSSR count). The first-order valence-electron chi connectivity index (χ1n) is 7.11. The van der Waals surface area contributed by atoms with Gasteiger partial charge >= 0.3 is 0 Å². The summed E-state index contributed by atoms with van der Waals surface area (Å²) in [4.78, 5) is 19.0. The van der Waals surface area contributed by atoms with Gasteiger partial charge in [0.1, 0.15) is 12.1 Å². The molecule has 2 aromatic heterocycles. The van der Waals surface area contributed by atoms with Crippen molar-refractivity contribution in [2.75, 3.05) is 24.6 Å². The van der Waals surface area contributed by atoms with Crippen molar-refractivity contribution in [2.45, 2.75) is 19.8 Å². The van der Waals surface area contributed by atoms with Crippen molar-refractivity contribution in [1.82, 2.24) is 25.3 Å². The second kappa shape index (κ2) is 6.04. The molecule has 0 atom stereocenters. The first kappa shape index (κ1) is 13.7. The molecule has 0 unspecified atom stereocenters. The van der Waals surface area contributed by atoms with Gasteiger partial charge in [0, 0.05) is 19.0 Å². The molecule has 2 aromatic rings. The highest BCUT2D eigenvalue weighted by Crippen LogP contribution is 2.21. The fraction of sp³-hybridized carbons (Fsp3) is 0.538. The summed E-state index contributed by atoms with van der Waals surface area (Å²) >= 11 is 0. The van der Waals surface area contributed by atoms with Crippen LogP contribution in [0.1, 0.15) is 19.8 Å². The normalized spacial score (nSPS) is 16.3. The smallest absolute Gasteiger partial charge is 0.246 e. The molecule has 1 N–H and O–H groups in total. The number of nitrogens with zero attached hydrogens (tertiary/aromatic N) is 5. The Hall–Kier alpha value is -2.22. The topological polar surface area (TPSA) is 84.6 Å². The number of amides is 1. The number of hydrogen-bond acceptors (Lipinski definition) is 6. The molecule has 1 saturated heterocycles.